The summed E-state index contributed by atoms with van der Waals surface area (Å²) in [5.41, 5.74) is -0.0810. The van der Waals surface area contributed by atoms with Gasteiger partial charge in [-0.05, 0) is 60.6 Å². The molecular weight excluding hydrogens is 364 g/mol. The largest absolute Gasteiger partial charge is 0.508 e. The fraction of sp³-hybridized carbons (Fsp3) is 0.409. The van der Waals surface area contributed by atoms with E-state index in [1.165, 1.54) is 24.3 Å². The number of nitrogens with zero attached hydrogens (tertiary/aromatic N) is 1. The van der Waals surface area contributed by atoms with Crippen molar-refractivity contribution in [3.05, 3.63) is 65.2 Å². The van der Waals surface area contributed by atoms with E-state index >= 15 is 0 Å². The Morgan fingerprint density at radius 2 is 1.71 bits per heavy atom. The molecule has 0 amide bonds. The monoisotopic (exact) mass is 387 g/mol. The Bertz CT molecular complexity index is 870. The van der Waals surface area contributed by atoms with Crippen molar-refractivity contribution < 1.29 is 23.8 Å². The van der Waals surface area contributed by atoms with Crippen molar-refractivity contribution in [1.82, 2.24) is 4.90 Å². The quantitative estimate of drug-likeness (QED) is 0.774. The molecule has 0 spiro atoms. The van der Waals surface area contributed by atoms with Gasteiger partial charge in [-0.15, -0.1) is 0 Å². The lowest BCUT2D eigenvalue weighted by Gasteiger charge is -2.26. The average molecular weight is 387 g/mol. The summed E-state index contributed by atoms with van der Waals surface area (Å²) in [6.45, 7) is 1.76. The van der Waals surface area contributed by atoms with E-state index in [1.807, 2.05) is 0 Å². The third kappa shape index (κ3) is 3.93. The van der Waals surface area contributed by atoms with Crippen LogP contribution in [0.1, 0.15) is 28.8 Å². The Hall–Kier alpha value is -2.31. The van der Waals surface area contributed by atoms with Gasteiger partial charge in [-0.2, -0.15) is 0 Å². The zero-order chi connectivity index (χ0) is 19.9. The highest BCUT2D eigenvalue weighted by atomic mass is 19.1. The number of carbonyl (C=O) groups excluding carboxylic acids is 1. The molecule has 2 N–H and O–H groups in total. The van der Waals surface area contributed by atoms with Gasteiger partial charge in [-0.25, -0.2) is 8.78 Å². The number of aromatic hydroxyl groups is 1. The van der Waals surface area contributed by atoms with Crippen molar-refractivity contribution in [2.75, 3.05) is 19.6 Å². The van der Waals surface area contributed by atoms with E-state index in [0.717, 1.165) is 19.2 Å². The highest BCUT2D eigenvalue weighted by molar-refractivity contribution is 5.97. The van der Waals surface area contributed by atoms with E-state index in [4.69, 9.17) is 0 Å². The molecule has 1 aliphatic carbocycles. The Morgan fingerprint density at radius 1 is 1.07 bits per heavy atom. The van der Waals surface area contributed by atoms with Crippen LogP contribution in [0.2, 0.25) is 0 Å². The van der Waals surface area contributed by atoms with Gasteiger partial charge in [0.1, 0.15) is 17.4 Å². The summed E-state index contributed by atoms with van der Waals surface area (Å²) in [6, 6.07) is 9.70. The van der Waals surface area contributed by atoms with Crippen molar-refractivity contribution in [3.63, 3.8) is 0 Å². The molecule has 4 rings (SSSR count). The van der Waals surface area contributed by atoms with Gasteiger partial charge in [0.2, 0.25) is 0 Å². The van der Waals surface area contributed by atoms with Crippen LogP contribution in [-0.2, 0) is 6.42 Å². The summed E-state index contributed by atoms with van der Waals surface area (Å²) in [4.78, 5) is 14.5. The second-order valence-electron chi connectivity index (χ2n) is 8.23. The number of hydrogen-bond acceptors (Lipinski definition) is 4. The maximum atomic E-state index is 13.9. The standard InChI is InChI=1S/C22H23F2NO3/c23-18-4-1-15(20(24)7-18)8-22(28)9-16-11-25(12-17(16)10-22)13-21(27)14-2-5-19(26)6-3-14/h1-7,16-17,26,28H,8-13H2/t16-,17+,22?. The highest BCUT2D eigenvalue weighted by Gasteiger charge is 2.48. The number of phenols is 1. The number of fused-ring (bicyclic) bond motifs is 1. The molecule has 2 aliphatic rings. The lowest BCUT2D eigenvalue weighted by atomic mass is 9.91. The highest BCUT2D eigenvalue weighted by Crippen LogP contribution is 2.45. The number of benzene rings is 2. The number of Topliss-reactive ketones (excluding diaryl/α,β-unsaturated/α-hetero) is 1. The van der Waals surface area contributed by atoms with Gasteiger partial charge in [0, 0.05) is 31.1 Å². The molecular formula is C22H23F2NO3. The third-order valence-corrected chi connectivity index (χ3v) is 6.03. The van der Waals surface area contributed by atoms with Crippen LogP contribution in [0.5, 0.6) is 5.75 Å². The summed E-state index contributed by atoms with van der Waals surface area (Å²) in [6.07, 6.45) is 1.29. The topological polar surface area (TPSA) is 60.8 Å². The predicted octanol–water partition coefficient (Wildman–Crippen LogP) is 3.17. The first kappa shape index (κ1) is 19.0. The molecule has 2 fully saturated rings. The fourth-order valence-corrected chi connectivity index (χ4v) is 4.79. The SMILES string of the molecule is O=C(CN1C[C@@H]2CC(O)(Cc3ccc(F)cc3F)C[C@@H]2C1)c1ccc(O)cc1. The molecule has 0 radical (unpaired) electrons. The van der Waals surface area contributed by atoms with E-state index < -0.39 is 17.2 Å². The van der Waals surface area contributed by atoms with Crippen molar-refractivity contribution in [2.45, 2.75) is 24.9 Å². The molecule has 1 saturated carbocycles. The van der Waals surface area contributed by atoms with E-state index in [-0.39, 0.29) is 29.8 Å². The lowest BCUT2D eigenvalue weighted by molar-refractivity contribution is 0.0347. The van der Waals surface area contributed by atoms with Crippen LogP contribution in [0.25, 0.3) is 0 Å². The van der Waals surface area contributed by atoms with E-state index in [9.17, 15) is 23.8 Å². The number of hydrogen-bond donors (Lipinski definition) is 2. The minimum absolute atomic E-state index is 0.00335. The molecule has 2 aromatic rings. The van der Waals surface area contributed by atoms with Crippen molar-refractivity contribution in [2.24, 2.45) is 11.8 Å². The minimum atomic E-state index is -0.985. The summed E-state index contributed by atoms with van der Waals surface area (Å²) >= 11 is 0. The number of halogens is 2. The normalized spacial score (nSPS) is 27.1. The number of rotatable bonds is 5. The first-order valence-electron chi connectivity index (χ1n) is 9.52. The molecule has 4 nitrogen and oxygen atoms in total. The van der Waals surface area contributed by atoms with Gasteiger partial charge in [0.15, 0.2) is 5.78 Å². The van der Waals surface area contributed by atoms with E-state index in [1.54, 1.807) is 12.1 Å². The van der Waals surface area contributed by atoms with Crippen molar-refractivity contribution in [3.8, 4) is 5.75 Å². The Labute approximate surface area is 162 Å². The number of likely N-dealkylation sites (tertiary alicyclic amines) is 1. The predicted molar refractivity (Wildman–Crippen MR) is 100 cm³/mol. The molecule has 3 atom stereocenters. The minimum Gasteiger partial charge on any atom is -0.508 e. The Balaban J connectivity index is 1.35. The van der Waals surface area contributed by atoms with Gasteiger partial charge < -0.3 is 10.2 Å². The molecule has 1 unspecified atom stereocenters. The van der Waals surface area contributed by atoms with Crippen LogP contribution in [0.4, 0.5) is 8.78 Å². The lowest BCUT2D eigenvalue weighted by Crippen LogP contribution is -2.34. The van der Waals surface area contributed by atoms with Crippen LogP contribution < -0.4 is 0 Å². The van der Waals surface area contributed by atoms with E-state index in [2.05, 4.69) is 4.90 Å². The Morgan fingerprint density at radius 3 is 2.32 bits per heavy atom. The molecule has 1 saturated heterocycles. The molecule has 0 bridgehead atoms. The van der Waals surface area contributed by atoms with Crippen LogP contribution in [0.3, 0.4) is 0 Å². The molecule has 6 heteroatoms. The maximum absolute atomic E-state index is 13.9. The fourth-order valence-electron chi connectivity index (χ4n) is 4.79. The van der Waals surface area contributed by atoms with Gasteiger partial charge >= 0.3 is 0 Å². The van der Waals surface area contributed by atoms with Crippen LogP contribution in [0, 0.1) is 23.5 Å². The number of aliphatic hydroxyl groups is 1. The molecule has 2 aromatic carbocycles. The van der Waals surface area contributed by atoms with Crippen LogP contribution in [0.15, 0.2) is 42.5 Å². The molecule has 1 heterocycles. The molecule has 0 aromatic heterocycles. The molecule has 148 valence electrons. The summed E-state index contributed by atoms with van der Waals surface area (Å²) < 4.78 is 27.0. The number of phenolic OH excluding ortho intramolecular Hbond substituents is 1. The summed E-state index contributed by atoms with van der Waals surface area (Å²) in [7, 11) is 0. The van der Waals surface area contributed by atoms with Crippen molar-refractivity contribution >= 4 is 5.78 Å². The third-order valence-electron chi connectivity index (χ3n) is 6.03. The first-order chi connectivity index (χ1) is 13.3. The summed E-state index contributed by atoms with van der Waals surface area (Å²) in [5.74, 6) is -0.577. The zero-order valence-electron chi connectivity index (χ0n) is 15.4. The van der Waals surface area contributed by atoms with Crippen LogP contribution in [-0.4, -0.2) is 46.1 Å². The Kier molecular flexibility index (Phi) is 4.93. The van der Waals surface area contributed by atoms with Gasteiger partial charge in [-0.3, -0.25) is 9.69 Å². The zero-order valence-corrected chi connectivity index (χ0v) is 15.4. The van der Waals surface area contributed by atoms with Gasteiger partial charge in [0.25, 0.3) is 0 Å². The smallest absolute Gasteiger partial charge is 0.176 e. The summed E-state index contributed by atoms with van der Waals surface area (Å²) in [5, 5.41) is 20.3. The van der Waals surface area contributed by atoms with E-state index in [0.29, 0.717) is 30.5 Å². The first-order valence-corrected chi connectivity index (χ1v) is 9.52. The number of ketones is 1. The van der Waals surface area contributed by atoms with Gasteiger partial charge in [0.05, 0.1) is 12.1 Å². The average Bonchev–Trinajstić information content (AvgIpc) is 3.12. The molecule has 1 aliphatic heterocycles. The van der Waals surface area contributed by atoms with Crippen LogP contribution >= 0.6 is 0 Å². The second-order valence-corrected chi connectivity index (χ2v) is 8.23. The number of carbonyl (C=O) groups is 1. The van der Waals surface area contributed by atoms with Crippen molar-refractivity contribution in [1.29, 1.82) is 0 Å². The maximum Gasteiger partial charge on any atom is 0.176 e. The molecule has 28 heavy (non-hydrogen) atoms. The van der Waals surface area contributed by atoms with Gasteiger partial charge in [-0.1, -0.05) is 6.07 Å². The second kappa shape index (κ2) is 7.26.